The number of benzene rings is 1. The summed E-state index contributed by atoms with van der Waals surface area (Å²) < 4.78 is 0.870. The van der Waals surface area contributed by atoms with Crippen LogP contribution in [0.25, 0.3) is 0 Å². The Balaban J connectivity index is 2.24. The quantitative estimate of drug-likeness (QED) is 0.855. The minimum atomic E-state index is -0.440. The van der Waals surface area contributed by atoms with Crippen molar-refractivity contribution in [3.05, 3.63) is 28.2 Å². The van der Waals surface area contributed by atoms with Crippen LogP contribution in [0.15, 0.2) is 22.7 Å². The van der Waals surface area contributed by atoms with Crippen molar-refractivity contribution in [1.82, 2.24) is 0 Å². The highest BCUT2D eigenvalue weighted by Crippen LogP contribution is 2.40. The second-order valence-electron chi connectivity index (χ2n) is 3.84. The molecule has 1 fully saturated rings. The number of rotatable bonds is 2. The molecule has 1 aromatic rings. The zero-order valence-electron chi connectivity index (χ0n) is 7.78. The molecule has 76 valence electrons. The SMILES string of the molecule is Oc1ccc(Br)c([C@@H](O)C2CCC2)c1. The first-order chi connectivity index (χ1) is 6.68. The molecule has 0 heterocycles. The lowest BCUT2D eigenvalue weighted by Gasteiger charge is -2.31. The van der Waals surface area contributed by atoms with Gasteiger partial charge in [-0.25, -0.2) is 0 Å². The standard InChI is InChI=1S/C11H13BrO2/c12-10-5-4-8(13)6-9(10)11(14)7-2-1-3-7/h4-7,11,13-14H,1-3H2/t11-/m0/s1. The number of phenolic OH excluding ortho intramolecular Hbond substituents is 1. The van der Waals surface area contributed by atoms with E-state index in [-0.39, 0.29) is 5.75 Å². The summed E-state index contributed by atoms with van der Waals surface area (Å²) in [5.41, 5.74) is 0.801. The third-order valence-electron chi connectivity index (χ3n) is 2.89. The van der Waals surface area contributed by atoms with Crippen molar-refractivity contribution in [1.29, 1.82) is 0 Å². The van der Waals surface area contributed by atoms with Crippen molar-refractivity contribution in [3.63, 3.8) is 0 Å². The van der Waals surface area contributed by atoms with Gasteiger partial charge in [-0.05, 0) is 42.5 Å². The van der Waals surface area contributed by atoms with Crippen LogP contribution in [0, 0.1) is 5.92 Å². The maximum Gasteiger partial charge on any atom is 0.116 e. The van der Waals surface area contributed by atoms with Gasteiger partial charge in [0.25, 0.3) is 0 Å². The monoisotopic (exact) mass is 256 g/mol. The van der Waals surface area contributed by atoms with Gasteiger partial charge in [0.15, 0.2) is 0 Å². The zero-order chi connectivity index (χ0) is 10.1. The molecular formula is C11H13BrO2. The molecule has 1 aliphatic carbocycles. The summed E-state index contributed by atoms with van der Waals surface area (Å²) in [5.74, 6) is 0.578. The Morgan fingerprint density at radius 1 is 1.36 bits per heavy atom. The normalized spacial score (nSPS) is 19.0. The molecular weight excluding hydrogens is 244 g/mol. The molecule has 1 atom stereocenters. The van der Waals surface area contributed by atoms with Gasteiger partial charge < -0.3 is 10.2 Å². The van der Waals surface area contributed by atoms with Crippen LogP contribution in [0.2, 0.25) is 0 Å². The molecule has 2 rings (SSSR count). The molecule has 0 aliphatic heterocycles. The number of halogens is 1. The Morgan fingerprint density at radius 3 is 2.64 bits per heavy atom. The van der Waals surface area contributed by atoms with Crippen LogP contribution in [0.1, 0.15) is 30.9 Å². The maximum atomic E-state index is 10.0. The van der Waals surface area contributed by atoms with Crippen molar-refractivity contribution >= 4 is 15.9 Å². The Bertz CT molecular complexity index is 334. The fourth-order valence-corrected chi connectivity index (χ4v) is 2.25. The van der Waals surface area contributed by atoms with Crippen LogP contribution in [0.5, 0.6) is 5.75 Å². The summed E-state index contributed by atoms with van der Waals surface area (Å²) in [4.78, 5) is 0. The molecule has 1 aliphatic rings. The zero-order valence-corrected chi connectivity index (χ0v) is 9.37. The molecule has 2 nitrogen and oxygen atoms in total. The summed E-state index contributed by atoms with van der Waals surface area (Å²) in [5, 5.41) is 19.3. The first-order valence-corrected chi connectivity index (χ1v) is 5.64. The summed E-state index contributed by atoms with van der Waals surface area (Å²) >= 11 is 3.38. The fourth-order valence-electron chi connectivity index (χ4n) is 1.77. The smallest absolute Gasteiger partial charge is 0.116 e. The Labute approximate surface area is 91.7 Å². The summed E-state index contributed by atoms with van der Waals surface area (Å²) in [7, 11) is 0. The van der Waals surface area contributed by atoms with E-state index in [0.717, 1.165) is 22.9 Å². The van der Waals surface area contributed by atoms with Crippen LogP contribution in [-0.2, 0) is 0 Å². The Kier molecular flexibility index (Phi) is 2.79. The topological polar surface area (TPSA) is 40.5 Å². The third kappa shape index (κ3) is 1.79. The van der Waals surface area contributed by atoms with Crippen LogP contribution in [0.3, 0.4) is 0 Å². The van der Waals surface area contributed by atoms with Gasteiger partial charge in [-0.2, -0.15) is 0 Å². The van der Waals surface area contributed by atoms with Crippen molar-refractivity contribution in [2.75, 3.05) is 0 Å². The highest BCUT2D eigenvalue weighted by molar-refractivity contribution is 9.10. The van der Waals surface area contributed by atoms with Crippen LogP contribution < -0.4 is 0 Å². The summed E-state index contributed by atoms with van der Waals surface area (Å²) in [6.45, 7) is 0. The maximum absolute atomic E-state index is 10.0. The van der Waals surface area contributed by atoms with Crippen molar-refractivity contribution in [2.45, 2.75) is 25.4 Å². The fraction of sp³-hybridized carbons (Fsp3) is 0.455. The van der Waals surface area contributed by atoms with Gasteiger partial charge in [-0.15, -0.1) is 0 Å². The third-order valence-corrected chi connectivity index (χ3v) is 3.62. The highest BCUT2D eigenvalue weighted by Gasteiger charge is 2.28. The number of hydrogen-bond acceptors (Lipinski definition) is 2. The number of phenols is 1. The Hall–Kier alpha value is -0.540. The molecule has 1 saturated carbocycles. The van der Waals surface area contributed by atoms with Crippen LogP contribution in [0.4, 0.5) is 0 Å². The lowest BCUT2D eigenvalue weighted by molar-refractivity contribution is 0.0614. The van der Waals surface area contributed by atoms with E-state index in [1.54, 1.807) is 18.2 Å². The first kappa shape index (κ1) is 9.99. The van der Waals surface area contributed by atoms with E-state index in [1.165, 1.54) is 6.42 Å². The van der Waals surface area contributed by atoms with E-state index in [2.05, 4.69) is 15.9 Å². The largest absolute Gasteiger partial charge is 0.508 e. The van der Waals surface area contributed by atoms with Crippen molar-refractivity contribution in [3.8, 4) is 5.75 Å². The molecule has 0 amide bonds. The van der Waals surface area contributed by atoms with Gasteiger partial charge in [0.05, 0.1) is 6.10 Å². The molecule has 0 radical (unpaired) electrons. The average Bonchev–Trinajstić information content (AvgIpc) is 2.06. The van der Waals surface area contributed by atoms with Gasteiger partial charge in [0.2, 0.25) is 0 Å². The van der Waals surface area contributed by atoms with E-state index in [1.807, 2.05) is 0 Å². The molecule has 1 aromatic carbocycles. The van der Waals surface area contributed by atoms with Gasteiger partial charge >= 0.3 is 0 Å². The second-order valence-corrected chi connectivity index (χ2v) is 4.70. The van der Waals surface area contributed by atoms with Gasteiger partial charge in [0.1, 0.15) is 5.75 Å². The van der Waals surface area contributed by atoms with Gasteiger partial charge in [0, 0.05) is 4.47 Å². The molecule has 2 N–H and O–H groups in total. The van der Waals surface area contributed by atoms with Gasteiger partial charge in [-0.3, -0.25) is 0 Å². The van der Waals surface area contributed by atoms with E-state index in [4.69, 9.17) is 0 Å². The average molecular weight is 257 g/mol. The second kappa shape index (κ2) is 3.91. The minimum absolute atomic E-state index is 0.210. The van der Waals surface area contributed by atoms with E-state index >= 15 is 0 Å². The summed E-state index contributed by atoms with van der Waals surface area (Å²) in [6.07, 6.45) is 2.94. The molecule has 3 heteroatoms. The first-order valence-electron chi connectivity index (χ1n) is 4.85. The summed E-state index contributed by atoms with van der Waals surface area (Å²) in [6, 6.07) is 5.01. The van der Waals surface area contributed by atoms with E-state index < -0.39 is 6.10 Å². The van der Waals surface area contributed by atoms with Crippen molar-refractivity contribution < 1.29 is 10.2 Å². The number of aliphatic hydroxyl groups excluding tert-OH is 1. The molecule has 0 unspecified atom stereocenters. The number of aromatic hydroxyl groups is 1. The predicted octanol–water partition coefficient (Wildman–Crippen LogP) is 2.99. The molecule has 0 spiro atoms. The number of hydrogen-bond donors (Lipinski definition) is 2. The lowest BCUT2D eigenvalue weighted by Crippen LogP contribution is -2.20. The van der Waals surface area contributed by atoms with E-state index in [9.17, 15) is 10.2 Å². The highest BCUT2D eigenvalue weighted by atomic mass is 79.9. The molecule has 14 heavy (non-hydrogen) atoms. The lowest BCUT2D eigenvalue weighted by atomic mass is 9.79. The van der Waals surface area contributed by atoms with Crippen LogP contribution >= 0.6 is 15.9 Å². The number of aliphatic hydroxyl groups is 1. The molecule has 0 saturated heterocycles. The Morgan fingerprint density at radius 2 is 2.07 bits per heavy atom. The molecule has 0 aromatic heterocycles. The van der Waals surface area contributed by atoms with Crippen LogP contribution in [-0.4, -0.2) is 10.2 Å². The van der Waals surface area contributed by atoms with Gasteiger partial charge in [-0.1, -0.05) is 22.4 Å². The van der Waals surface area contributed by atoms with E-state index in [0.29, 0.717) is 5.92 Å². The van der Waals surface area contributed by atoms with Crippen molar-refractivity contribution in [2.24, 2.45) is 5.92 Å². The minimum Gasteiger partial charge on any atom is -0.508 e. The predicted molar refractivity (Wildman–Crippen MR) is 58.1 cm³/mol. The molecule has 0 bridgehead atoms.